The van der Waals surface area contributed by atoms with Crippen LogP contribution in [0.1, 0.15) is 21.5 Å². The molecule has 0 spiro atoms. The lowest BCUT2D eigenvalue weighted by molar-refractivity contribution is 0.102. The van der Waals surface area contributed by atoms with Gasteiger partial charge in [0.1, 0.15) is 0 Å². The van der Waals surface area contributed by atoms with E-state index in [9.17, 15) is 4.79 Å². The molecule has 2 nitrogen and oxygen atoms in total. The normalized spacial score (nSPS) is 9.80. The molecule has 0 bridgehead atoms. The molecule has 0 aromatic carbocycles. The van der Waals surface area contributed by atoms with Crippen molar-refractivity contribution in [1.82, 2.24) is 0 Å². The fraction of sp³-hybridized carbons (Fsp3) is 0.286. The van der Waals surface area contributed by atoms with E-state index in [1.807, 2.05) is 12.1 Å². The fourth-order valence-corrected chi connectivity index (χ4v) is 1.46. The molecule has 1 rings (SSSR count). The third kappa shape index (κ3) is 1.43. The van der Waals surface area contributed by atoms with Gasteiger partial charge >= 0.3 is 0 Å². The van der Waals surface area contributed by atoms with Crippen molar-refractivity contribution in [2.75, 3.05) is 0 Å². The largest absolute Gasteiger partial charge is 0.326 e. The zero-order chi connectivity index (χ0) is 7.56. The number of thiophene rings is 1. The number of hydrogen-bond acceptors (Lipinski definition) is 3. The SMILES string of the molecule is CC(=O)c1ccc(CN)s1. The van der Waals surface area contributed by atoms with Gasteiger partial charge in [-0.15, -0.1) is 11.3 Å². The summed E-state index contributed by atoms with van der Waals surface area (Å²) < 4.78 is 0. The van der Waals surface area contributed by atoms with Crippen LogP contribution >= 0.6 is 11.3 Å². The van der Waals surface area contributed by atoms with E-state index >= 15 is 0 Å². The molecule has 0 aliphatic heterocycles. The molecule has 0 saturated heterocycles. The summed E-state index contributed by atoms with van der Waals surface area (Å²) in [6.45, 7) is 2.09. The van der Waals surface area contributed by atoms with E-state index in [-0.39, 0.29) is 5.78 Å². The first kappa shape index (κ1) is 7.44. The standard InChI is InChI=1S/C7H9NOS/c1-5(9)7-3-2-6(4-8)10-7/h2-3H,4,8H2,1H3. The van der Waals surface area contributed by atoms with Crippen molar-refractivity contribution < 1.29 is 4.79 Å². The molecule has 0 amide bonds. The highest BCUT2D eigenvalue weighted by Gasteiger charge is 2.01. The van der Waals surface area contributed by atoms with E-state index in [4.69, 9.17) is 5.73 Å². The molecule has 1 heterocycles. The van der Waals surface area contributed by atoms with Crippen LogP contribution in [0.4, 0.5) is 0 Å². The van der Waals surface area contributed by atoms with Gasteiger partial charge in [-0.1, -0.05) is 0 Å². The fourth-order valence-electron chi connectivity index (χ4n) is 0.677. The smallest absolute Gasteiger partial charge is 0.169 e. The molecule has 0 radical (unpaired) electrons. The molecule has 0 atom stereocenters. The van der Waals surface area contributed by atoms with Crippen LogP contribution in [-0.4, -0.2) is 5.78 Å². The number of carbonyl (C=O) groups excluding carboxylic acids is 1. The van der Waals surface area contributed by atoms with Gasteiger partial charge < -0.3 is 5.73 Å². The number of ketones is 1. The van der Waals surface area contributed by atoms with Crippen LogP contribution in [0.25, 0.3) is 0 Å². The summed E-state index contributed by atoms with van der Waals surface area (Å²) in [6.07, 6.45) is 0. The van der Waals surface area contributed by atoms with Gasteiger partial charge in [-0.25, -0.2) is 0 Å². The Kier molecular flexibility index (Phi) is 2.19. The van der Waals surface area contributed by atoms with Gasteiger partial charge in [-0.2, -0.15) is 0 Å². The molecule has 2 N–H and O–H groups in total. The predicted molar refractivity (Wildman–Crippen MR) is 42.2 cm³/mol. The van der Waals surface area contributed by atoms with Crippen molar-refractivity contribution in [3.8, 4) is 0 Å². The van der Waals surface area contributed by atoms with Crippen LogP contribution in [-0.2, 0) is 6.54 Å². The minimum Gasteiger partial charge on any atom is -0.326 e. The first-order chi connectivity index (χ1) is 4.74. The maximum absolute atomic E-state index is 10.7. The van der Waals surface area contributed by atoms with Gasteiger partial charge in [0.25, 0.3) is 0 Å². The highest BCUT2D eigenvalue weighted by Crippen LogP contribution is 2.15. The first-order valence-electron chi connectivity index (χ1n) is 3.03. The molecule has 3 heteroatoms. The Morgan fingerprint density at radius 2 is 2.40 bits per heavy atom. The van der Waals surface area contributed by atoms with Crippen LogP contribution < -0.4 is 5.73 Å². The monoisotopic (exact) mass is 155 g/mol. The lowest BCUT2D eigenvalue weighted by Gasteiger charge is -1.84. The third-order valence-corrected chi connectivity index (χ3v) is 2.42. The zero-order valence-electron chi connectivity index (χ0n) is 5.76. The summed E-state index contributed by atoms with van der Waals surface area (Å²) in [6, 6.07) is 3.70. The Morgan fingerprint density at radius 3 is 2.70 bits per heavy atom. The van der Waals surface area contributed by atoms with Crippen molar-refractivity contribution in [2.24, 2.45) is 5.73 Å². The van der Waals surface area contributed by atoms with Gasteiger partial charge in [-0.3, -0.25) is 4.79 Å². The summed E-state index contributed by atoms with van der Waals surface area (Å²) >= 11 is 1.47. The number of rotatable bonds is 2. The van der Waals surface area contributed by atoms with Crippen molar-refractivity contribution in [3.05, 3.63) is 21.9 Å². The molecule has 1 aromatic rings. The van der Waals surface area contributed by atoms with Gasteiger partial charge in [0, 0.05) is 11.4 Å². The van der Waals surface area contributed by atoms with Crippen LogP contribution in [0.3, 0.4) is 0 Å². The highest BCUT2D eigenvalue weighted by atomic mass is 32.1. The Balaban J connectivity index is 2.88. The first-order valence-corrected chi connectivity index (χ1v) is 3.85. The Bertz CT molecular complexity index is 242. The Morgan fingerprint density at radius 1 is 1.70 bits per heavy atom. The van der Waals surface area contributed by atoms with Crippen molar-refractivity contribution >= 4 is 17.1 Å². The molecular formula is C7H9NOS. The van der Waals surface area contributed by atoms with Crippen LogP contribution in [0, 0.1) is 0 Å². The van der Waals surface area contributed by atoms with E-state index in [1.165, 1.54) is 11.3 Å². The molecule has 0 fully saturated rings. The Labute approximate surface area is 63.7 Å². The Hall–Kier alpha value is -0.670. The number of carbonyl (C=O) groups is 1. The maximum atomic E-state index is 10.7. The molecule has 54 valence electrons. The number of nitrogens with two attached hydrogens (primary N) is 1. The molecule has 0 aliphatic carbocycles. The van der Waals surface area contributed by atoms with Gasteiger partial charge in [0.05, 0.1) is 4.88 Å². The lowest BCUT2D eigenvalue weighted by atomic mass is 10.3. The zero-order valence-corrected chi connectivity index (χ0v) is 6.57. The van der Waals surface area contributed by atoms with Crippen molar-refractivity contribution in [3.63, 3.8) is 0 Å². The van der Waals surface area contributed by atoms with Crippen molar-refractivity contribution in [1.29, 1.82) is 0 Å². The quantitative estimate of drug-likeness (QED) is 0.656. The molecular weight excluding hydrogens is 146 g/mol. The summed E-state index contributed by atoms with van der Waals surface area (Å²) in [5.74, 6) is 0.115. The number of Topliss-reactive ketones (excluding diaryl/α,β-unsaturated/α-hetero) is 1. The molecule has 1 aromatic heterocycles. The second kappa shape index (κ2) is 2.94. The summed E-state index contributed by atoms with van der Waals surface area (Å²) in [5, 5.41) is 0. The van der Waals surface area contributed by atoms with Crippen LogP contribution in [0.2, 0.25) is 0 Å². The summed E-state index contributed by atoms with van der Waals surface area (Å²) in [4.78, 5) is 12.6. The second-order valence-corrected chi connectivity index (χ2v) is 3.19. The lowest BCUT2D eigenvalue weighted by Crippen LogP contribution is -1.91. The maximum Gasteiger partial charge on any atom is 0.169 e. The van der Waals surface area contributed by atoms with E-state index in [2.05, 4.69) is 0 Å². The summed E-state index contributed by atoms with van der Waals surface area (Å²) in [5.41, 5.74) is 5.36. The minimum atomic E-state index is 0.115. The van der Waals surface area contributed by atoms with E-state index in [0.717, 1.165) is 9.75 Å². The van der Waals surface area contributed by atoms with Gasteiger partial charge in [0.2, 0.25) is 0 Å². The van der Waals surface area contributed by atoms with E-state index in [0.29, 0.717) is 6.54 Å². The van der Waals surface area contributed by atoms with E-state index in [1.54, 1.807) is 6.92 Å². The van der Waals surface area contributed by atoms with Crippen molar-refractivity contribution in [2.45, 2.75) is 13.5 Å². The summed E-state index contributed by atoms with van der Waals surface area (Å²) in [7, 11) is 0. The topological polar surface area (TPSA) is 43.1 Å². The third-order valence-electron chi connectivity index (χ3n) is 1.21. The van der Waals surface area contributed by atoms with Gasteiger partial charge in [0.15, 0.2) is 5.78 Å². The van der Waals surface area contributed by atoms with E-state index < -0.39 is 0 Å². The van der Waals surface area contributed by atoms with Gasteiger partial charge in [-0.05, 0) is 19.1 Å². The average molecular weight is 155 g/mol. The van der Waals surface area contributed by atoms with Crippen LogP contribution in [0.5, 0.6) is 0 Å². The minimum absolute atomic E-state index is 0.115. The molecule has 0 saturated carbocycles. The molecule has 0 aliphatic rings. The van der Waals surface area contributed by atoms with Crippen LogP contribution in [0.15, 0.2) is 12.1 Å². The number of hydrogen-bond donors (Lipinski definition) is 1. The average Bonchev–Trinajstić information content (AvgIpc) is 2.34. The molecule has 0 unspecified atom stereocenters. The predicted octanol–water partition coefficient (Wildman–Crippen LogP) is 1.41. The molecule has 10 heavy (non-hydrogen) atoms. The second-order valence-electron chi connectivity index (χ2n) is 2.03. The highest BCUT2D eigenvalue weighted by molar-refractivity contribution is 7.14.